The molecule has 0 aromatic carbocycles. The van der Waals surface area contributed by atoms with E-state index in [0.717, 1.165) is 20.8 Å². The van der Waals surface area contributed by atoms with Crippen LogP contribution in [-0.2, 0) is 76.1 Å². The molecule has 4 bridgehead atoms. The molecule has 16 heteroatoms. The summed E-state index contributed by atoms with van der Waals surface area (Å²) in [6, 6.07) is 0. The number of rotatable bonds is 8. The Balaban J connectivity index is 1.45. The first-order valence-corrected chi connectivity index (χ1v) is 19.0. The first kappa shape index (κ1) is 39.8. The van der Waals surface area contributed by atoms with Gasteiger partial charge in [0.2, 0.25) is 5.79 Å². The molecule has 304 valence electrons. The Morgan fingerprint density at radius 2 is 1.42 bits per heavy atom. The van der Waals surface area contributed by atoms with E-state index in [1.807, 2.05) is 0 Å². The number of hydrogen-bond donors (Lipinski definition) is 0. The van der Waals surface area contributed by atoms with Gasteiger partial charge in [0.25, 0.3) is 0 Å². The van der Waals surface area contributed by atoms with Crippen LogP contribution in [0.15, 0.2) is 12.2 Å². The second-order valence-corrected chi connectivity index (χ2v) is 17.3. The molecule has 55 heavy (non-hydrogen) atoms. The Labute approximate surface area is 319 Å². The Morgan fingerprint density at radius 1 is 0.800 bits per heavy atom. The van der Waals surface area contributed by atoms with Crippen LogP contribution in [-0.4, -0.2) is 109 Å². The van der Waals surface area contributed by atoms with Gasteiger partial charge in [-0.25, -0.2) is 0 Å². The molecule has 4 aliphatic heterocycles. The molecule has 4 heterocycles. The molecule has 0 amide bonds. The molecule has 0 aromatic rings. The van der Waals surface area contributed by atoms with Crippen LogP contribution in [0.1, 0.15) is 88.0 Å². The summed E-state index contributed by atoms with van der Waals surface area (Å²) >= 11 is 0. The van der Waals surface area contributed by atoms with Gasteiger partial charge >= 0.3 is 29.8 Å². The Kier molecular flexibility index (Phi) is 9.63. The summed E-state index contributed by atoms with van der Waals surface area (Å²) in [7, 11) is 0. The SMILES string of the molecule is C=C1C(=O)[C@@]23C4OC(C)(C)O[C@]25OC[C@]2([C@@H](OC(C)=O)CCC(C)(C)[C@H]2C5O[C@@H]2O[C@H](COC(C)=O)[C@H](OC(C)=O)[C@H](OC(C)=O)[C@H]2OC(C)=O)[C@@H]3CC[C@@H]14. The van der Waals surface area contributed by atoms with Crippen LogP contribution < -0.4 is 0 Å². The fraction of sp³-hybridized carbons (Fsp3) is 0.795. The lowest BCUT2D eigenvalue weighted by molar-refractivity contribution is -0.543. The molecule has 8 rings (SSSR count). The van der Waals surface area contributed by atoms with E-state index in [1.54, 1.807) is 13.8 Å². The van der Waals surface area contributed by atoms with Crippen molar-refractivity contribution in [3.05, 3.63) is 12.2 Å². The molecule has 4 saturated carbocycles. The van der Waals surface area contributed by atoms with E-state index in [1.165, 1.54) is 13.8 Å². The summed E-state index contributed by atoms with van der Waals surface area (Å²) in [6.07, 6.45) is -7.82. The highest BCUT2D eigenvalue weighted by molar-refractivity contribution is 6.05. The molecule has 3 spiro atoms. The van der Waals surface area contributed by atoms with Crippen LogP contribution in [0.2, 0.25) is 0 Å². The number of esters is 5. The van der Waals surface area contributed by atoms with Crippen LogP contribution in [0, 0.1) is 34.0 Å². The van der Waals surface area contributed by atoms with Crippen LogP contribution in [0.5, 0.6) is 0 Å². The Hall–Kier alpha value is -3.44. The molecule has 4 saturated heterocycles. The quantitative estimate of drug-likeness (QED) is 0.151. The van der Waals surface area contributed by atoms with Crippen molar-refractivity contribution in [1.29, 1.82) is 0 Å². The zero-order valence-corrected chi connectivity index (χ0v) is 32.8. The Morgan fingerprint density at radius 3 is 2.04 bits per heavy atom. The summed E-state index contributed by atoms with van der Waals surface area (Å²) < 4.78 is 63.1. The standard InChI is InChI=1S/C39H52O16/c1-17-23-11-12-25-37-16-47-39(38(25,31(17)45)32(23)54-36(9,10)55-39)33(30(37)35(7,8)14-13-26(37)48-19(3)41)53-34-29(51-22(6)44)28(50-21(5)43)27(49-20(4)42)24(52-34)15-46-18(2)40/h23-30,32-34H,1,11-16H2,2-10H3/t23-,24+,25-,26-,27-,28-,29+,30+,32?,33?,34-,37+,38-,39-/m0/s1. The summed E-state index contributed by atoms with van der Waals surface area (Å²) in [5, 5.41) is 0. The van der Waals surface area contributed by atoms with Crippen molar-refractivity contribution in [3.8, 4) is 0 Å². The second-order valence-electron chi connectivity index (χ2n) is 17.3. The fourth-order valence-corrected chi connectivity index (χ4v) is 11.8. The van der Waals surface area contributed by atoms with E-state index in [2.05, 4.69) is 20.4 Å². The zero-order chi connectivity index (χ0) is 40.2. The normalized spacial score (nSPS) is 44.3. The van der Waals surface area contributed by atoms with Crippen LogP contribution in [0.4, 0.5) is 0 Å². The van der Waals surface area contributed by atoms with Gasteiger partial charge in [-0.1, -0.05) is 20.4 Å². The maximum absolute atomic E-state index is 15.1. The molecular weight excluding hydrogens is 724 g/mol. The number of ketones is 1. The van der Waals surface area contributed by atoms with Gasteiger partial charge in [0, 0.05) is 51.9 Å². The molecule has 8 aliphatic rings. The summed E-state index contributed by atoms with van der Waals surface area (Å²) in [5.74, 6) is -8.34. The first-order valence-electron chi connectivity index (χ1n) is 19.0. The van der Waals surface area contributed by atoms with Gasteiger partial charge in [0.1, 0.15) is 30.3 Å². The summed E-state index contributed by atoms with van der Waals surface area (Å²) in [6.45, 7) is 17.5. The average Bonchev–Trinajstić information content (AvgIpc) is 3.17. The topological polar surface area (TPSA) is 195 Å². The lowest BCUT2D eigenvalue weighted by atomic mass is 9.35. The predicted molar refractivity (Wildman–Crippen MR) is 183 cm³/mol. The molecule has 0 radical (unpaired) electrons. The van der Waals surface area contributed by atoms with Gasteiger partial charge in [-0.3, -0.25) is 28.8 Å². The van der Waals surface area contributed by atoms with Crippen LogP contribution >= 0.6 is 0 Å². The highest BCUT2D eigenvalue weighted by Gasteiger charge is 2.91. The largest absolute Gasteiger partial charge is 0.463 e. The van der Waals surface area contributed by atoms with Crippen molar-refractivity contribution >= 4 is 35.6 Å². The van der Waals surface area contributed by atoms with Gasteiger partial charge in [0.05, 0.1) is 12.7 Å². The average molecular weight is 777 g/mol. The van der Waals surface area contributed by atoms with E-state index in [4.69, 9.17) is 47.4 Å². The third kappa shape index (κ3) is 5.78. The molecule has 16 nitrogen and oxygen atoms in total. The minimum Gasteiger partial charge on any atom is -0.463 e. The first-order chi connectivity index (χ1) is 25.6. The predicted octanol–water partition coefficient (Wildman–Crippen LogP) is 2.85. The highest BCUT2D eigenvalue weighted by atomic mass is 16.8. The maximum Gasteiger partial charge on any atom is 0.303 e. The van der Waals surface area contributed by atoms with Crippen LogP contribution in [0.3, 0.4) is 0 Å². The number of hydrogen-bond acceptors (Lipinski definition) is 16. The smallest absolute Gasteiger partial charge is 0.303 e. The number of Topliss-reactive ketones (excluding diaryl/α,β-unsaturated/α-hetero) is 1. The van der Waals surface area contributed by atoms with Gasteiger partial charge in [-0.05, 0) is 56.4 Å². The molecule has 2 unspecified atom stereocenters. The maximum atomic E-state index is 15.1. The number of fused-ring (bicyclic) bond motifs is 1. The third-order valence-corrected chi connectivity index (χ3v) is 13.1. The van der Waals surface area contributed by atoms with Crippen molar-refractivity contribution in [3.63, 3.8) is 0 Å². The molecule has 14 atom stereocenters. The monoisotopic (exact) mass is 776 g/mol. The van der Waals surface area contributed by atoms with Crippen molar-refractivity contribution in [2.75, 3.05) is 13.2 Å². The van der Waals surface area contributed by atoms with E-state index in [-0.39, 0.29) is 18.3 Å². The molecule has 0 aromatic heterocycles. The van der Waals surface area contributed by atoms with Gasteiger partial charge in [0.15, 0.2) is 36.2 Å². The molecular formula is C39H52O16. The summed E-state index contributed by atoms with van der Waals surface area (Å²) in [4.78, 5) is 77.9. The van der Waals surface area contributed by atoms with Crippen molar-refractivity contribution in [1.82, 2.24) is 0 Å². The van der Waals surface area contributed by atoms with Gasteiger partial charge in [-0.15, -0.1) is 0 Å². The number of carbonyl (C=O) groups excluding carboxylic acids is 6. The minimum absolute atomic E-state index is 0.0666. The molecule has 8 fully saturated rings. The number of ether oxygens (including phenoxy) is 10. The fourth-order valence-electron chi connectivity index (χ4n) is 11.8. The number of carbonyl (C=O) groups is 6. The summed E-state index contributed by atoms with van der Waals surface area (Å²) in [5.41, 5.74) is -2.71. The van der Waals surface area contributed by atoms with Gasteiger partial charge in [-0.2, -0.15) is 0 Å². The van der Waals surface area contributed by atoms with Crippen molar-refractivity contribution in [2.24, 2.45) is 34.0 Å². The van der Waals surface area contributed by atoms with E-state index < -0.39 is 125 Å². The third-order valence-electron chi connectivity index (χ3n) is 13.1. The van der Waals surface area contributed by atoms with E-state index in [0.29, 0.717) is 31.3 Å². The second kappa shape index (κ2) is 13.3. The zero-order valence-electron chi connectivity index (χ0n) is 32.8. The van der Waals surface area contributed by atoms with E-state index >= 15 is 4.79 Å². The molecule has 4 aliphatic carbocycles. The highest BCUT2D eigenvalue weighted by Crippen LogP contribution is 2.80. The van der Waals surface area contributed by atoms with E-state index in [9.17, 15) is 24.0 Å². The lowest BCUT2D eigenvalue weighted by Crippen LogP contribution is -2.89. The Bertz CT molecular complexity index is 1690. The molecule has 0 N–H and O–H groups in total. The van der Waals surface area contributed by atoms with Crippen LogP contribution in [0.25, 0.3) is 0 Å². The van der Waals surface area contributed by atoms with Gasteiger partial charge < -0.3 is 47.4 Å². The minimum atomic E-state index is -1.85. The lowest BCUT2D eigenvalue weighted by Gasteiger charge is -2.78. The van der Waals surface area contributed by atoms with Crippen molar-refractivity contribution < 1.29 is 76.1 Å². The van der Waals surface area contributed by atoms with Crippen molar-refractivity contribution in [2.45, 2.75) is 149 Å².